The second kappa shape index (κ2) is 5.76. The van der Waals surface area contributed by atoms with Crippen LogP contribution in [0.3, 0.4) is 0 Å². The molecule has 0 aromatic heterocycles. The smallest absolute Gasteiger partial charge is 0.306 e. The molecule has 0 fully saturated rings. The molecular formula is C7H14O8S2. The van der Waals surface area contributed by atoms with Gasteiger partial charge in [-0.25, -0.2) is 0 Å². The van der Waals surface area contributed by atoms with Gasteiger partial charge in [0.15, 0.2) is 0 Å². The minimum Gasteiger partial charge on any atom is -0.469 e. The fraction of sp³-hybridized carbons (Fsp3) is 0.857. The summed E-state index contributed by atoms with van der Waals surface area (Å²) in [6.45, 7) is 1.06. The lowest BCUT2D eigenvalue weighted by molar-refractivity contribution is -0.140. The number of hydrogen-bond donors (Lipinski definition) is 2. The summed E-state index contributed by atoms with van der Waals surface area (Å²) in [6.07, 6.45) is -1.29. The standard InChI is InChI=1S/C7H14O8S2/c1-5(16(9,10)11)3-6(17(12,13)14)4-7(8)15-2/h5-6H,3-4H2,1-2H3,(H,9,10,11)(H,12,13,14). The van der Waals surface area contributed by atoms with Crippen LogP contribution < -0.4 is 0 Å². The predicted octanol–water partition coefficient (Wildman–Crippen LogP) is -0.528. The molecule has 17 heavy (non-hydrogen) atoms. The normalized spacial score (nSPS) is 16.2. The summed E-state index contributed by atoms with van der Waals surface area (Å²) in [5.74, 6) is -0.907. The van der Waals surface area contributed by atoms with Gasteiger partial charge in [-0.2, -0.15) is 16.8 Å². The van der Waals surface area contributed by atoms with Crippen molar-refractivity contribution in [3.05, 3.63) is 0 Å². The van der Waals surface area contributed by atoms with Gasteiger partial charge >= 0.3 is 5.97 Å². The Bertz CT molecular complexity index is 462. The second-order valence-corrected chi connectivity index (χ2v) is 7.01. The molecule has 0 aliphatic rings. The van der Waals surface area contributed by atoms with Crippen LogP contribution in [0, 0.1) is 0 Å². The maximum atomic E-state index is 10.9. The Hall–Kier alpha value is -0.710. The van der Waals surface area contributed by atoms with Crippen molar-refractivity contribution in [2.45, 2.75) is 30.3 Å². The van der Waals surface area contributed by atoms with Gasteiger partial charge in [0, 0.05) is 0 Å². The molecule has 0 aliphatic heterocycles. The maximum absolute atomic E-state index is 10.9. The number of ether oxygens (including phenoxy) is 1. The van der Waals surface area contributed by atoms with E-state index in [1.807, 2.05) is 0 Å². The number of hydrogen-bond acceptors (Lipinski definition) is 6. The lowest BCUT2D eigenvalue weighted by atomic mass is 10.2. The Morgan fingerprint density at radius 3 is 1.94 bits per heavy atom. The van der Waals surface area contributed by atoms with E-state index in [0.717, 1.165) is 14.0 Å². The van der Waals surface area contributed by atoms with E-state index in [-0.39, 0.29) is 0 Å². The number of esters is 1. The molecule has 0 saturated heterocycles. The molecule has 10 heteroatoms. The van der Waals surface area contributed by atoms with Crippen LogP contribution in [-0.4, -0.2) is 49.5 Å². The van der Waals surface area contributed by atoms with Crippen molar-refractivity contribution in [1.82, 2.24) is 0 Å². The highest BCUT2D eigenvalue weighted by molar-refractivity contribution is 7.87. The van der Waals surface area contributed by atoms with E-state index < -0.39 is 49.5 Å². The molecule has 2 unspecified atom stereocenters. The fourth-order valence-electron chi connectivity index (χ4n) is 1.07. The van der Waals surface area contributed by atoms with Crippen molar-refractivity contribution < 1.29 is 35.5 Å². The van der Waals surface area contributed by atoms with Crippen molar-refractivity contribution in [3.8, 4) is 0 Å². The third-order valence-electron chi connectivity index (χ3n) is 2.15. The highest BCUT2D eigenvalue weighted by Gasteiger charge is 2.32. The number of carbonyl (C=O) groups excluding carboxylic acids is 1. The molecule has 8 nitrogen and oxygen atoms in total. The van der Waals surface area contributed by atoms with E-state index in [4.69, 9.17) is 9.11 Å². The van der Waals surface area contributed by atoms with E-state index in [1.165, 1.54) is 0 Å². The van der Waals surface area contributed by atoms with Gasteiger partial charge in [0.25, 0.3) is 20.2 Å². The Morgan fingerprint density at radius 1 is 1.18 bits per heavy atom. The second-order valence-electron chi connectivity index (χ2n) is 3.48. The molecule has 0 amide bonds. The van der Waals surface area contributed by atoms with E-state index >= 15 is 0 Å². The summed E-state index contributed by atoms with van der Waals surface area (Å²) in [5.41, 5.74) is 0. The average Bonchev–Trinajstić information content (AvgIpc) is 2.13. The van der Waals surface area contributed by atoms with Gasteiger partial charge in [-0.05, 0) is 13.3 Å². The van der Waals surface area contributed by atoms with Crippen LogP contribution in [0.4, 0.5) is 0 Å². The lowest BCUT2D eigenvalue weighted by Crippen LogP contribution is -2.31. The number of rotatable bonds is 6. The van der Waals surface area contributed by atoms with Crippen molar-refractivity contribution in [2.75, 3.05) is 7.11 Å². The molecule has 0 radical (unpaired) electrons. The first kappa shape index (κ1) is 16.3. The summed E-state index contributed by atoms with van der Waals surface area (Å²) in [7, 11) is -8.01. The number of carbonyl (C=O) groups is 1. The van der Waals surface area contributed by atoms with E-state index in [1.54, 1.807) is 0 Å². The van der Waals surface area contributed by atoms with Gasteiger partial charge < -0.3 is 4.74 Å². The molecule has 2 atom stereocenters. The van der Waals surface area contributed by atoms with Gasteiger partial charge in [-0.3, -0.25) is 13.9 Å². The molecule has 0 aromatic carbocycles. The zero-order valence-electron chi connectivity index (χ0n) is 9.23. The van der Waals surface area contributed by atoms with Gasteiger partial charge in [0.1, 0.15) is 0 Å². The summed E-state index contributed by atoms with van der Waals surface area (Å²) in [5, 5.41) is -3.05. The lowest BCUT2D eigenvalue weighted by Gasteiger charge is -2.15. The first-order chi connectivity index (χ1) is 7.48. The van der Waals surface area contributed by atoms with Gasteiger partial charge in [-0.1, -0.05) is 0 Å². The summed E-state index contributed by atoms with van der Waals surface area (Å²) >= 11 is 0. The van der Waals surface area contributed by atoms with Crippen molar-refractivity contribution in [1.29, 1.82) is 0 Å². The van der Waals surface area contributed by atoms with Crippen molar-refractivity contribution >= 4 is 26.2 Å². The van der Waals surface area contributed by atoms with E-state index in [2.05, 4.69) is 4.74 Å². The molecule has 102 valence electrons. The van der Waals surface area contributed by atoms with E-state index in [9.17, 15) is 21.6 Å². The zero-order valence-corrected chi connectivity index (χ0v) is 10.9. The number of methoxy groups -OCH3 is 1. The van der Waals surface area contributed by atoms with Gasteiger partial charge in [0.2, 0.25) is 0 Å². The molecule has 0 rings (SSSR count). The Morgan fingerprint density at radius 2 is 1.65 bits per heavy atom. The third-order valence-corrected chi connectivity index (χ3v) is 4.56. The minimum absolute atomic E-state index is 0.604. The Kier molecular flexibility index (Phi) is 5.52. The van der Waals surface area contributed by atoms with E-state index in [0.29, 0.717) is 0 Å². The predicted molar refractivity (Wildman–Crippen MR) is 57.6 cm³/mol. The molecule has 0 bridgehead atoms. The maximum Gasteiger partial charge on any atom is 0.306 e. The SMILES string of the molecule is COC(=O)CC(CC(C)S(=O)(=O)O)S(=O)(=O)O. The molecule has 0 aliphatic carbocycles. The Balaban J connectivity index is 4.93. The zero-order chi connectivity index (χ0) is 13.9. The molecular weight excluding hydrogens is 276 g/mol. The third kappa shape index (κ3) is 5.96. The topological polar surface area (TPSA) is 135 Å². The monoisotopic (exact) mass is 290 g/mol. The molecule has 0 aromatic rings. The van der Waals surface area contributed by atoms with Crippen LogP contribution in [0.15, 0.2) is 0 Å². The minimum atomic E-state index is -4.60. The fourth-order valence-corrected chi connectivity index (χ4v) is 2.55. The average molecular weight is 290 g/mol. The summed E-state index contributed by atoms with van der Waals surface area (Å²) in [6, 6.07) is 0. The summed E-state index contributed by atoms with van der Waals surface area (Å²) < 4.78 is 65.0. The van der Waals surface area contributed by atoms with Crippen LogP contribution in [0.1, 0.15) is 19.8 Å². The van der Waals surface area contributed by atoms with Gasteiger partial charge in [-0.15, -0.1) is 0 Å². The van der Waals surface area contributed by atoms with Crippen LogP contribution in [0.5, 0.6) is 0 Å². The highest BCUT2D eigenvalue weighted by Crippen LogP contribution is 2.16. The quantitative estimate of drug-likeness (QED) is 0.492. The molecule has 0 heterocycles. The van der Waals surface area contributed by atoms with Crippen molar-refractivity contribution in [2.24, 2.45) is 0 Å². The molecule has 2 N–H and O–H groups in total. The first-order valence-corrected chi connectivity index (χ1v) is 7.48. The highest BCUT2D eigenvalue weighted by atomic mass is 32.2. The molecule has 0 spiro atoms. The van der Waals surface area contributed by atoms with Crippen LogP contribution in [0.2, 0.25) is 0 Å². The first-order valence-electron chi connectivity index (χ1n) is 4.48. The van der Waals surface area contributed by atoms with Gasteiger partial charge in [0.05, 0.1) is 24.0 Å². The van der Waals surface area contributed by atoms with Crippen LogP contribution in [0.25, 0.3) is 0 Å². The van der Waals surface area contributed by atoms with Crippen molar-refractivity contribution in [3.63, 3.8) is 0 Å². The van der Waals surface area contributed by atoms with Crippen LogP contribution >= 0.6 is 0 Å². The Labute approximate surface area is 99.5 Å². The largest absolute Gasteiger partial charge is 0.469 e. The summed E-state index contributed by atoms with van der Waals surface area (Å²) in [4.78, 5) is 10.9. The van der Waals surface area contributed by atoms with Crippen LogP contribution in [-0.2, 0) is 29.8 Å². The molecule has 0 saturated carbocycles.